The van der Waals surface area contributed by atoms with E-state index in [9.17, 15) is 18.4 Å². The minimum Gasteiger partial charge on any atom is -0.359 e. The number of fused-ring (bicyclic) bond motifs is 1. The van der Waals surface area contributed by atoms with E-state index in [1.165, 1.54) is 12.1 Å². The third-order valence-electron chi connectivity index (χ3n) is 5.02. The van der Waals surface area contributed by atoms with Gasteiger partial charge in [0.1, 0.15) is 5.69 Å². The number of nitriles is 1. The molecule has 0 N–H and O–H groups in total. The summed E-state index contributed by atoms with van der Waals surface area (Å²) in [5.74, 6) is 0.543. The number of aromatic nitrogens is 2. The summed E-state index contributed by atoms with van der Waals surface area (Å²) in [6.45, 7) is 2.22. The summed E-state index contributed by atoms with van der Waals surface area (Å²) in [7, 11) is 0. The van der Waals surface area contributed by atoms with Gasteiger partial charge >= 0.3 is 6.18 Å². The highest BCUT2D eigenvalue weighted by Gasteiger charge is 2.36. The number of benzene rings is 2. The second-order valence-corrected chi connectivity index (χ2v) is 7.05. The van der Waals surface area contributed by atoms with Crippen molar-refractivity contribution in [2.24, 2.45) is 0 Å². The molecule has 0 spiro atoms. The van der Waals surface area contributed by atoms with Crippen LogP contribution in [-0.4, -0.2) is 9.72 Å². The van der Waals surface area contributed by atoms with Gasteiger partial charge in [0, 0.05) is 28.2 Å². The lowest BCUT2D eigenvalue weighted by molar-refractivity contribution is -0.136. The minimum atomic E-state index is -4.62. The molecule has 7 heteroatoms. The van der Waals surface area contributed by atoms with Crippen LogP contribution in [0.25, 0.3) is 22.2 Å². The Morgan fingerprint density at radius 1 is 1.10 bits per heavy atom. The van der Waals surface area contributed by atoms with Crippen molar-refractivity contribution in [1.29, 1.82) is 5.26 Å². The van der Waals surface area contributed by atoms with Crippen LogP contribution in [0.5, 0.6) is 0 Å². The van der Waals surface area contributed by atoms with Crippen LogP contribution in [0.2, 0.25) is 0 Å². The second-order valence-electron chi connectivity index (χ2n) is 7.05. The molecule has 2 aromatic carbocycles. The highest BCUT2D eigenvalue weighted by Crippen LogP contribution is 2.39. The molecule has 0 radical (unpaired) electrons. The van der Waals surface area contributed by atoms with Gasteiger partial charge in [-0.05, 0) is 24.6 Å². The largest absolute Gasteiger partial charge is 0.418 e. The summed E-state index contributed by atoms with van der Waals surface area (Å²) in [4.78, 5) is 0. The summed E-state index contributed by atoms with van der Waals surface area (Å²) in [5.41, 5.74) is 1.48. The lowest BCUT2D eigenvalue weighted by atomic mass is 10.0. The Morgan fingerprint density at radius 2 is 1.87 bits per heavy atom. The molecule has 30 heavy (non-hydrogen) atoms. The van der Waals surface area contributed by atoms with E-state index in [0.717, 1.165) is 17.7 Å². The second kappa shape index (κ2) is 7.71. The lowest BCUT2D eigenvalue weighted by Crippen LogP contribution is -2.09. The Labute approximate surface area is 171 Å². The average Bonchev–Trinajstić information content (AvgIpc) is 3.33. The van der Waals surface area contributed by atoms with Crippen molar-refractivity contribution < 1.29 is 17.7 Å². The maximum Gasteiger partial charge on any atom is 0.418 e. The number of rotatable bonds is 5. The Kier molecular flexibility index (Phi) is 5.08. The topological polar surface area (TPSA) is 54.8 Å². The Morgan fingerprint density at radius 3 is 2.53 bits per heavy atom. The maximum absolute atomic E-state index is 13.7. The van der Waals surface area contributed by atoms with Gasteiger partial charge in [0.2, 0.25) is 0 Å². The lowest BCUT2D eigenvalue weighted by Gasteiger charge is -2.11. The summed E-state index contributed by atoms with van der Waals surface area (Å²) in [6, 6.07) is 17.3. The van der Waals surface area contributed by atoms with E-state index in [4.69, 9.17) is 4.52 Å². The summed E-state index contributed by atoms with van der Waals surface area (Å²) < 4.78 is 48.4. The molecule has 0 fully saturated rings. The molecule has 4 rings (SSSR count). The molecule has 0 unspecified atom stereocenters. The minimum absolute atomic E-state index is 0.0350. The Bertz CT molecular complexity index is 1230. The molecule has 0 aliphatic carbocycles. The van der Waals surface area contributed by atoms with Gasteiger partial charge in [0.05, 0.1) is 23.7 Å². The zero-order valence-corrected chi connectivity index (χ0v) is 16.2. The fourth-order valence-electron chi connectivity index (χ4n) is 3.73. The van der Waals surface area contributed by atoms with Crippen LogP contribution >= 0.6 is 0 Å². The zero-order valence-electron chi connectivity index (χ0n) is 16.2. The molecular weight excluding hydrogens is 391 g/mol. The Balaban J connectivity index is 1.82. The highest BCUT2D eigenvalue weighted by molar-refractivity contribution is 5.87. The molecule has 0 atom stereocenters. The van der Waals surface area contributed by atoms with E-state index in [2.05, 4.69) is 5.16 Å². The van der Waals surface area contributed by atoms with Crippen molar-refractivity contribution in [3.63, 3.8) is 0 Å². The van der Waals surface area contributed by atoms with Crippen LogP contribution in [-0.2, 0) is 19.1 Å². The van der Waals surface area contributed by atoms with Gasteiger partial charge in [0.15, 0.2) is 5.76 Å². The van der Waals surface area contributed by atoms with E-state index in [-0.39, 0.29) is 17.5 Å². The number of aryl methyl sites for hydroxylation is 1. The van der Waals surface area contributed by atoms with Crippen LogP contribution in [0, 0.1) is 11.3 Å². The van der Waals surface area contributed by atoms with Crippen molar-refractivity contribution in [3.05, 3.63) is 77.2 Å². The van der Waals surface area contributed by atoms with Crippen molar-refractivity contribution in [2.45, 2.75) is 32.5 Å². The molecule has 0 bridgehead atoms. The number of halogens is 3. The highest BCUT2D eigenvalue weighted by atomic mass is 19.4. The molecule has 0 aliphatic heterocycles. The predicted octanol–water partition coefficient (Wildman–Crippen LogP) is 6.19. The van der Waals surface area contributed by atoms with Gasteiger partial charge in [-0.3, -0.25) is 0 Å². The average molecular weight is 409 g/mol. The van der Waals surface area contributed by atoms with Gasteiger partial charge in [-0.1, -0.05) is 48.8 Å². The van der Waals surface area contributed by atoms with Crippen molar-refractivity contribution in [1.82, 2.24) is 9.72 Å². The molecule has 0 amide bonds. The van der Waals surface area contributed by atoms with E-state index in [0.29, 0.717) is 23.4 Å². The first-order valence-corrected chi connectivity index (χ1v) is 9.55. The molecule has 2 aromatic heterocycles. The number of alkyl halides is 3. The molecule has 4 aromatic rings. The standard InChI is InChI=1S/C23H18F3N3O/c1-2-6-17-11-19-21(10-9-16(13-27)22(19)23(24,25)26)29(17)14-18-12-20(28-30-18)15-7-4-3-5-8-15/h3-5,7-12H,2,6,14H2,1H3. The summed E-state index contributed by atoms with van der Waals surface area (Å²) in [6.07, 6.45) is -3.24. The fourth-order valence-corrected chi connectivity index (χ4v) is 3.73. The van der Waals surface area contributed by atoms with Crippen LogP contribution in [0.3, 0.4) is 0 Å². The van der Waals surface area contributed by atoms with E-state index < -0.39 is 11.7 Å². The van der Waals surface area contributed by atoms with Gasteiger partial charge in [-0.2, -0.15) is 18.4 Å². The van der Waals surface area contributed by atoms with Gasteiger partial charge in [-0.15, -0.1) is 0 Å². The van der Waals surface area contributed by atoms with E-state index in [1.807, 2.05) is 41.8 Å². The normalized spacial score (nSPS) is 11.7. The fraction of sp³-hybridized carbons (Fsp3) is 0.217. The number of hydrogen-bond donors (Lipinski definition) is 0. The molecule has 0 aliphatic rings. The van der Waals surface area contributed by atoms with Crippen LogP contribution < -0.4 is 0 Å². The maximum atomic E-state index is 13.7. The smallest absolute Gasteiger partial charge is 0.359 e. The van der Waals surface area contributed by atoms with Crippen molar-refractivity contribution in [3.8, 4) is 17.3 Å². The zero-order chi connectivity index (χ0) is 21.3. The van der Waals surface area contributed by atoms with E-state index >= 15 is 0 Å². The van der Waals surface area contributed by atoms with Crippen molar-refractivity contribution >= 4 is 10.9 Å². The predicted molar refractivity (Wildman–Crippen MR) is 107 cm³/mol. The molecule has 152 valence electrons. The van der Waals surface area contributed by atoms with Gasteiger partial charge < -0.3 is 9.09 Å². The first-order valence-electron chi connectivity index (χ1n) is 9.55. The van der Waals surface area contributed by atoms with Crippen LogP contribution in [0.4, 0.5) is 13.2 Å². The molecule has 0 saturated heterocycles. The SMILES string of the molecule is CCCc1cc2c(C(F)(F)F)c(C#N)ccc2n1Cc1cc(-c2ccccc2)no1. The Hall–Kier alpha value is -3.53. The molecule has 2 heterocycles. The molecular formula is C23H18F3N3O. The molecule has 4 nitrogen and oxygen atoms in total. The van der Waals surface area contributed by atoms with Crippen LogP contribution in [0.1, 0.15) is 35.9 Å². The van der Waals surface area contributed by atoms with Crippen LogP contribution in [0.15, 0.2) is 59.1 Å². The number of hydrogen-bond acceptors (Lipinski definition) is 3. The monoisotopic (exact) mass is 409 g/mol. The first kappa shape index (κ1) is 19.8. The quantitative estimate of drug-likeness (QED) is 0.395. The third-order valence-corrected chi connectivity index (χ3v) is 5.02. The van der Waals surface area contributed by atoms with E-state index in [1.54, 1.807) is 18.2 Å². The molecule has 0 saturated carbocycles. The summed E-state index contributed by atoms with van der Waals surface area (Å²) in [5, 5.41) is 13.3. The number of nitrogens with zero attached hydrogens (tertiary/aromatic N) is 3. The van der Waals surface area contributed by atoms with Gasteiger partial charge in [0.25, 0.3) is 0 Å². The first-order chi connectivity index (χ1) is 14.4. The van der Waals surface area contributed by atoms with Gasteiger partial charge in [-0.25, -0.2) is 0 Å². The summed E-state index contributed by atoms with van der Waals surface area (Å²) >= 11 is 0. The third kappa shape index (κ3) is 3.57. The van der Waals surface area contributed by atoms with Crippen molar-refractivity contribution in [2.75, 3.05) is 0 Å².